The Morgan fingerprint density at radius 3 is 1.82 bits per heavy atom. The van der Waals surface area contributed by atoms with Crippen molar-refractivity contribution in [2.45, 2.75) is 19.8 Å². The van der Waals surface area contributed by atoms with Gasteiger partial charge in [-0.2, -0.15) is 0 Å². The van der Waals surface area contributed by atoms with Crippen LogP contribution in [0.5, 0.6) is 0 Å². The summed E-state index contributed by atoms with van der Waals surface area (Å²) in [7, 11) is 0. The second kappa shape index (κ2) is 4.96. The molecule has 1 unspecified atom stereocenters. The SMILES string of the molecule is Cc1ccc(C(C)c2ccc(C=O)cc2)cc1. The van der Waals surface area contributed by atoms with E-state index in [0.717, 1.165) is 11.8 Å². The molecule has 0 bridgehead atoms. The Morgan fingerprint density at radius 2 is 1.35 bits per heavy atom. The largest absolute Gasteiger partial charge is 0.298 e. The molecule has 0 saturated carbocycles. The molecule has 0 aromatic heterocycles. The minimum absolute atomic E-state index is 0.358. The van der Waals surface area contributed by atoms with Crippen molar-refractivity contribution in [3.8, 4) is 0 Å². The lowest BCUT2D eigenvalue weighted by molar-refractivity contribution is 0.112. The third-order valence-electron chi connectivity index (χ3n) is 3.15. The number of hydrogen-bond donors (Lipinski definition) is 0. The molecule has 0 amide bonds. The number of aryl methyl sites for hydroxylation is 1. The van der Waals surface area contributed by atoms with Crippen LogP contribution in [-0.2, 0) is 0 Å². The zero-order valence-electron chi connectivity index (χ0n) is 10.2. The fourth-order valence-electron chi connectivity index (χ4n) is 1.91. The summed E-state index contributed by atoms with van der Waals surface area (Å²) >= 11 is 0. The third kappa shape index (κ3) is 2.62. The molecule has 86 valence electrons. The molecule has 2 aromatic carbocycles. The molecule has 0 N–H and O–H groups in total. The predicted octanol–water partition coefficient (Wildman–Crippen LogP) is 3.96. The number of rotatable bonds is 3. The van der Waals surface area contributed by atoms with Crippen molar-refractivity contribution in [1.29, 1.82) is 0 Å². The van der Waals surface area contributed by atoms with E-state index in [1.807, 2.05) is 24.3 Å². The van der Waals surface area contributed by atoms with Gasteiger partial charge in [0.05, 0.1) is 0 Å². The van der Waals surface area contributed by atoms with Gasteiger partial charge in [-0.1, -0.05) is 61.0 Å². The van der Waals surface area contributed by atoms with Crippen molar-refractivity contribution in [2.24, 2.45) is 0 Å². The van der Waals surface area contributed by atoms with Crippen molar-refractivity contribution >= 4 is 6.29 Å². The van der Waals surface area contributed by atoms with Crippen molar-refractivity contribution in [1.82, 2.24) is 0 Å². The van der Waals surface area contributed by atoms with E-state index in [9.17, 15) is 4.79 Å². The lowest BCUT2D eigenvalue weighted by Gasteiger charge is -2.12. The Balaban J connectivity index is 2.26. The van der Waals surface area contributed by atoms with E-state index in [-0.39, 0.29) is 0 Å². The van der Waals surface area contributed by atoms with E-state index in [4.69, 9.17) is 0 Å². The van der Waals surface area contributed by atoms with Gasteiger partial charge in [-0.25, -0.2) is 0 Å². The molecule has 0 aliphatic heterocycles. The Hall–Kier alpha value is -1.89. The van der Waals surface area contributed by atoms with Crippen LogP contribution in [-0.4, -0.2) is 6.29 Å². The predicted molar refractivity (Wildman–Crippen MR) is 70.5 cm³/mol. The van der Waals surface area contributed by atoms with E-state index < -0.39 is 0 Å². The first-order valence-corrected chi connectivity index (χ1v) is 5.82. The second-order valence-electron chi connectivity index (χ2n) is 4.42. The summed E-state index contributed by atoms with van der Waals surface area (Å²) in [6.07, 6.45) is 0.875. The number of hydrogen-bond acceptors (Lipinski definition) is 1. The van der Waals surface area contributed by atoms with Crippen molar-refractivity contribution in [3.63, 3.8) is 0 Å². The van der Waals surface area contributed by atoms with Crippen LogP contribution in [0.3, 0.4) is 0 Å². The first-order valence-electron chi connectivity index (χ1n) is 5.82. The number of carbonyl (C=O) groups excluding carboxylic acids is 1. The van der Waals surface area contributed by atoms with Crippen molar-refractivity contribution in [3.05, 3.63) is 70.8 Å². The van der Waals surface area contributed by atoms with Gasteiger partial charge in [0.2, 0.25) is 0 Å². The molecule has 0 aliphatic rings. The lowest BCUT2D eigenvalue weighted by Crippen LogP contribution is -1.96. The van der Waals surface area contributed by atoms with Gasteiger partial charge >= 0.3 is 0 Å². The number of carbonyl (C=O) groups is 1. The molecule has 1 atom stereocenters. The Morgan fingerprint density at radius 1 is 0.882 bits per heavy atom. The van der Waals surface area contributed by atoms with Crippen LogP contribution in [0.25, 0.3) is 0 Å². The Bertz CT molecular complexity index is 494. The normalized spacial score (nSPS) is 12.1. The van der Waals surface area contributed by atoms with Crippen LogP contribution in [0.2, 0.25) is 0 Å². The summed E-state index contributed by atoms with van der Waals surface area (Å²) < 4.78 is 0. The van der Waals surface area contributed by atoms with E-state index in [1.165, 1.54) is 16.7 Å². The molecule has 0 radical (unpaired) electrons. The maximum atomic E-state index is 10.6. The van der Waals surface area contributed by atoms with Gasteiger partial charge in [0.25, 0.3) is 0 Å². The molecule has 0 saturated heterocycles. The van der Waals surface area contributed by atoms with E-state index in [1.54, 1.807) is 0 Å². The minimum Gasteiger partial charge on any atom is -0.298 e. The number of aldehydes is 1. The lowest BCUT2D eigenvalue weighted by atomic mass is 9.92. The minimum atomic E-state index is 0.358. The van der Waals surface area contributed by atoms with E-state index >= 15 is 0 Å². The highest BCUT2D eigenvalue weighted by Gasteiger charge is 2.07. The summed E-state index contributed by atoms with van der Waals surface area (Å²) in [5, 5.41) is 0. The zero-order chi connectivity index (χ0) is 12.3. The van der Waals surface area contributed by atoms with Crippen LogP contribution in [0.1, 0.15) is 39.9 Å². The molecule has 0 aliphatic carbocycles. The molecule has 0 heterocycles. The molecule has 1 nitrogen and oxygen atoms in total. The highest BCUT2D eigenvalue weighted by Crippen LogP contribution is 2.24. The fourth-order valence-corrected chi connectivity index (χ4v) is 1.91. The quantitative estimate of drug-likeness (QED) is 0.721. The van der Waals surface area contributed by atoms with Gasteiger partial charge in [0.15, 0.2) is 0 Å². The molecule has 0 fully saturated rings. The zero-order valence-corrected chi connectivity index (χ0v) is 10.2. The smallest absolute Gasteiger partial charge is 0.150 e. The molecule has 2 aromatic rings. The Kier molecular flexibility index (Phi) is 3.38. The summed E-state index contributed by atoms with van der Waals surface area (Å²) in [6, 6.07) is 16.4. The summed E-state index contributed by atoms with van der Waals surface area (Å²) in [5.74, 6) is 0.358. The first-order chi connectivity index (χ1) is 8.20. The molecule has 1 heteroatoms. The molecule has 2 rings (SSSR count). The van der Waals surface area contributed by atoms with Gasteiger partial charge in [-0.3, -0.25) is 4.79 Å². The standard InChI is InChI=1S/C16H16O/c1-12-3-7-15(8-4-12)13(2)16-9-5-14(11-17)6-10-16/h3-11,13H,1-2H3. The molecular formula is C16H16O. The number of benzene rings is 2. The van der Waals surface area contributed by atoms with E-state index in [2.05, 4.69) is 38.1 Å². The average molecular weight is 224 g/mol. The highest BCUT2D eigenvalue weighted by molar-refractivity contribution is 5.74. The van der Waals surface area contributed by atoms with E-state index in [0.29, 0.717) is 5.92 Å². The first kappa shape index (κ1) is 11.6. The van der Waals surface area contributed by atoms with Crippen LogP contribution in [0.4, 0.5) is 0 Å². The van der Waals surface area contributed by atoms with Gasteiger partial charge in [0.1, 0.15) is 6.29 Å². The van der Waals surface area contributed by atoms with Gasteiger partial charge in [-0.15, -0.1) is 0 Å². The van der Waals surface area contributed by atoms with Gasteiger partial charge in [0, 0.05) is 11.5 Å². The maximum Gasteiger partial charge on any atom is 0.150 e. The van der Waals surface area contributed by atoms with Crippen molar-refractivity contribution < 1.29 is 4.79 Å². The highest BCUT2D eigenvalue weighted by atomic mass is 16.1. The van der Waals surface area contributed by atoms with Crippen LogP contribution in [0.15, 0.2) is 48.5 Å². The maximum absolute atomic E-state index is 10.6. The van der Waals surface area contributed by atoms with Crippen LogP contribution < -0.4 is 0 Å². The summed E-state index contributed by atoms with van der Waals surface area (Å²) in [4.78, 5) is 10.6. The topological polar surface area (TPSA) is 17.1 Å². The summed E-state index contributed by atoms with van der Waals surface area (Å²) in [5.41, 5.74) is 4.54. The molecule has 0 spiro atoms. The summed E-state index contributed by atoms with van der Waals surface area (Å²) in [6.45, 7) is 4.27. The van der Waals surface area contributed by atoms with Crippen LogP contribution >= 0.6 is 0 Å². The van der Waals surface area contributed by atoms with Gasteiger partial charge < -0.3 is 0 Å². The molecular weight excluding hydrogens is 208 g/mol. The second-order valence-corrected chi connectivity index (χ2v) is 4.42. The Labute approximate surface area is 102 Å². The fraction of sp³-hybridized carbons (Fsp3) is 0.188. The van der Waals surface area contributed by atoms with Gasteiger partial charge in [-0.05, 0) is 18.1 Å². The van der Waals surface area contributed by atoms with Crippen LogP contribution in [0, 0.1) is 6.92 Å². The molecule has 17 heavy (non-hydrogen) atoms. The third-order valence-corrected chi connectivity index (χ3v) is 3.15. The van der Waals surface area contributed by atoms with Crippen molar-refractivity contribution in [2.75, 3.05) is 0 Å². The monoisotopic (exact) mass is 224 g/mol. The average Bonchev–Trinajstić information content (AvgIpc) is 2.39.